The summed E-state index contributed by atoms with van der Waals surface area (Å²) in [4.78, 5) is 30.5. The molecule has 102 valence electrons. The molecule has 1 aliphatic heterocycles. The van der Waals surface area contributed by atoms with Crippen molar-refractivity contribution in [2.45, 2.75) is 19.0 Å². The molecule has 2 heterocycles. The van der Waals surface area contributed by atoms with Crippen molar-refractivity contribution in [1.82, 2.24) is 20.6 Å². The first-order chi connectivity index (χ1) is 9.10. The lowest BCUT2D eigenvalue weighted by atomic mass is 10.2. The van der Waals surface area contributed by atoms with E-state index in [0.29, 0.717) is 18.8 Å². The Morgan fingerprint density at radius 3 is 3.05 bits per heavy atom. The Hall–Kier alpha value is -1.73. The van der Waals surface area contributed by atoms with Gasteiger partial charge in [-0.15, -0.1) is 0 Å². The van der Waals surface area contributed by atoms with Crippen molar-refractivity contribution in [3.05, 3.63) is 22.7 Å². The van der Waals surface area contributed by atoms with Gasteiger partial charge in [0.2, 0.25) is 11.2 Å². The summed E-state index contributed by atoms with van der Waals surface area (Å²) in [5.74, 6) is -0.613. The topological polar surface area (TPSA) is 93.2 Å². The fourth-order valence-electron chi connectivity index (χ4n) is 1.78. The standard InChI is InChI=1S/C11H13ClN4O3/c1-19-10(18)8-4-6(15-11(12)16-8)5-14-7-2-3-13-9(7)17/h4,7,14H,2-3,5H2,1H3,(H,13,17). The van der Waals surface area contributed by atoms with Gasteiger partial charge in [0, 0.05) is 13.1 Å². The number of amides is 1. The summed E-state index contributed by atoms with van der Waals surface area (Å²) in [5.41, 5.74) is 0.621. The van der Waals surface area contributed by atoms with E-state index in [4.69, 9.17) is 11.6 Å². The monoisotopic (exact) mass is 284 g/mol. The number of hydrogen-bond donors (Lipinski definition) is 2. The highest BCUT2D eigenvalue weighted by Crippen LogP contribution is 2.08. The summed E-state index contributed by atoms with van der Waals surface area (Å²) in [6, 6.07) is 1.24. The zero-order valence-electron chi connectivity index (χ0n) is 10.3. The van der Waals surface area contributed by atoms with Crippen LogP contribution in [0.1, 0.15) is 22.6 Å². The number of carbonyl (C=O) groups excluding carboxylic acids is 2. The van der Waals surface area contributed by atoms with Crippen LogP contribution in [0.4, 0.5) is 0 Å². The van der Waals surface area contributed by atoms with Gasteiger partial charge in [-0.25, -0.2) is 14.8 Å². The van der Waals surface area contributed by atoms with Crippen LogP contribution in [0.5, 0.6) is 0 Å². The second-order valence-electron chi connectivity index (χ2n) is 4.02. The van der Waals surface area contributed by atoms with Crippen LogP contribution in [-0.2, 0) is 16.1 Å². The quantitative estimate of drug-likeness (QED) is 0.592. The van der Waals surface area contributed by atoms with Crippen molar-refractivity contribution in [3.63, 3.8) is 0 Å². The molecule has 2 N–H and O–H groups in total. The number of carbonyl (C=O) groups is 2. The van der Waals surface area contributed by atoms with Crippen molar-refractivity contribution < 1.29 is 14.3 Å². The molecule has 1 unspecified atom stereocenters. The predicted molar refractivity (Wildman–Crippen MR) is 66.6 cm³/mol. The summed E-state index contributed by atoms with van der Waals surface area (Å²) >= 11 is 5.74. The van der Waals surface area contributed by atoms with Crippen LogP contribution in [0.3, 0.4) is 0 Å². The summed E-state index contributed by atoms with van der Waals surface area (Å²) in [7, 11) is 1.26. The molecule has 7 nitrogen and oxygen atoms in total. The number of hydrogen-bond acceptors (Lipinski definition) is 6. The van der Waals surface area contributed by atoms with Gasteiger partial charge in [0.1, 0.15) is 0 Å². The molecule has 19 heavy (non-hydrogen) atoms. The van der Waals surface area contributed by atoms with Crippen LogP contribution < -0.4 is 10.6 Å². The molecule has 1 aliphatic rings. The molecule has 0 aliphatic carbocycles. The third kappa shape index (κ3) is 3.39. The molecule has 0 radical (unpaired) electrons. The third-order valence-corrected chi connectivity index (χ3v) is 2.89. The minimum Gasteiger partial charge on any atom is -0.464 e. The van der Waals surface area contributed by atoms with Crippen molar-refractivity contribution in [2.24, 2.45) is 0 Å². The number of halogens is 1. The number of ether oxygens (including phenoxy) is 1. The van der Waals surface area contributed by atoms with E-state index >= 15 is 0 Å². The van der Waals surface area contributed by atoms with E-state index in [-0.39, 0.29) is 22.9 Å². The van der Waals surface area contributed by atoms with Crippen molar-refractivity contribution in [2.75, 3.05) is 13.7 Å². The smallest absolute Gasteiger partial charge is 0.356 e. The van der Waals surface area contributed by atoms with Gasteiger partial charge < -0.3 is 15.4 Å². The van der Waals surface area contributed by atoms with Crippen LogP contribution in [0, 0.1) is 0 Å². The van der Waals surface area contributed by atoms with Gasteiger partial charge in [-0.1, -0.05) is 0 Å². The first kappa shape index (κ1) is 13.7. The highest BCUT2D eigenvalue weighted by Gasteiger charge is 2.23. The molecule has 0 spiro atoms. The molecule has 0 bridgehead atoms. The van der Waals surface area contributed by atoms with E-state index in [1.807, 2.05) is 0 Å². The van der Waals surface area contributed by atoms with Crippen LogP contribution in [0.25, 0.3) is 0 Å². The second kappa shape index (κ2) is 5.94. The van der Waals surface area contributed by atoms with Crippen molar-refractivity contribution >= 4 is 23.5 Å². The Morgan fingerprint density at radius 1 is 1.63 bits per heavy atom. The number of esters is 1. The zero-order valence-corrected chi connectivity index (χ0v) is 11.0. The van der Waals surface area contributed by atoms with Gasteiger partial charge in [0.15, 0.2) is 5.69 Å². The molecule has 0 aromatic carbocycles. The minimum atomic E-state index is -0.579. The molecule has 2 rings (SSSR count). The Balaban J connectivity index is 2.05. The Morgan fingerprint density at radius 2 is 2.42 bits per heavy atom. The molecular formula is C11H13ClN4O3. The van der Waals surface area contributed by atoms with Gasteiger partial charge >= 0.3 is 5.97 Å². The Bertz CT molecular complexity index is 509. The molecule has 1 aromatic heterocycles. The second-order valence-corrected chi connectivity index (χ2v) is 4.36. The lowest BCUT2D eigenvalue weighted by Gasteiger charge is -2.09. The van der Waals surface area contributed by atoms with Crippen LogP contribution in [0.15, 0.2) is 6.07 Å². The summed E-state index contributed by atoms with van der Waals surface area (Å²) < 4.78 is 4.57. The van der Waals surface area contributed by atoms with Crippen LogP contribution >= 0.6 is 11.6 Å². The normalized spacial score (nSPS) is 18.2. The Labute approximate surface area is 114 Å². The van der Waals surface area contributed by atoms with E-state index in [2.05, 4.69) is 25.3 Å². The van der Waals surface area contributed by atoms with Crippen LogP contribution in [0.2, 0.25) is 5.28 Å². The maximum atomic E-state index is 11.4. The maximum absolute atomic E-state index is 11.4. The lowest BCUT2D eigenvalue weighted by Crippen LogP contribution is -2.35. The molecule has 1 amide bonds. The van der Waals surface area contributed by atoms with E-state index in [0.717, 1.165) is 6.42 Å². The molecule has 1 atom stereocenters. The van der Waals surface area contributed by atoms with Gasteiger partial charge in [-0.3, -0.25) is 4.79 Å². The first-order valence-electron chi connectivity index (χ1n) is 5.73. The number of rotatable bonds is 4. The van der Waals surface area contributed by atoms with Gasteiger partial charge in [0.25, 0.3) is 0 Å². The molecule has 0 saturated carbocycles. The summed E-state index contributed by atoms with van der Waals surface area (Å²) in [6.07, 6.45) is 0.724. The van der Waals surface area contributed by atoms with Crippen LogP contribution in [-0.4, -0.2) is 41.5 Å². The lowest BCUT2D eigenvalue weighted by molar-refractivity contribution is -0.120. The number of methoxy groups -OCH3 is 1. The zero-order chi connectivity index (χ0) is 13.8. The van der Waals surface area contributed by atoms with E-state index < -0.39 is 5.97 Å². The highest BCUT2D eigenvalue weighted by atomic mass is 35.5. The highest BCUT2D eigenvalue weighted by molar-refractivity contribution is 6.28. The maximum Gasteiger partial charge on any atom is 0.356 e. The fraction of sp³-hybridized carbons (Fsp3) is 0.455. The molecule has 8 heteroatoms. The first-order valence-corrected chi connectivity index (χ1v) is 6.11. The summed E-state index contributed by atoms with van der Waals surface area (Å²) in [6.45, 7) is 0.985. The number of nitrogens with one attached hydrogen (secondary N) is 2. The predicted octanol–water partition coefficient (Wildman–Crippen LogP) is -0.105. The van der Waals surface area contributed by atoms with Crippen molar-refractivity contribution in [1.29, 1.82) is 0 Å². The molecule has 1 aromatic rings. The molecule has 1 saturated heterocycles. The van der Waals surface area contributed by atoms with Gasteiger partial charge in [-0.05, 0) is 24.1 Å². The SMILES string of the molecule is COC(=O)c1cc(CNC2CCNC2=O)nc(Cl)n1. The fourth-order valence-corrected chi connectivity index (χ4v) is 1.98. The van der Waals surface area contributed by atoms with Gasteiger partial charge in [-0.2, -0.15) is 0 Å². The summed E-state index contributed by atoms with van der Waals surface area (Å²) in [5, 5.41) is 5.74. The van der Waals surface area contributed by atoms with E-state index in [1.165, 1.54) is 13.2 Å². The Kier molecular flexibility index (Phi) is 4.28. The average Bonchev–Trinajstić information content (AvgIpc) is 2.80. The number of aromatic nitrogens is 2. The van der Waals surface area contributed by atoms with E-state index in [1.54, 1.807) is 0 Å². The molecule has 1 fully saturated rings. The molecular weight excluding hydrogens is 272 g/mol. The van der Waals surface area contributed by atoms with Gasteiger partial charge in [0.05, 0.1) is 18.8 Å². The third-order valence-electron chi connectivity index (χ3n) is 2.72. The minimum absolute atomic E-state index is 0.0319. The van der Waals surface area contributed by atoms with Crippen molar-refractivity contribution in [3.8, 4) is 0 Å². The average molecular weight is 285 g/mol. The number of nitrogens with zero attached hydrogens (tertiary/aromatic N) is 2. The van der Waals surface area contributed by atoms with E-state index in [9.17, 15) is 9.59 Å². The largest absolute Gasteiger partial charge is 0.464 e.